The van der Waals surface area contributed by atoms with E-state index in [1.807, 2.05) is 0 Å². The summed E-state index contributed by atoms with van der Waals surface area (Å²) in [6, 6.07) is 3.26. The van der Waals surface area contributed by atoms with E-state index < -0.39 is 17.6 Å². The zero-order valence-corrected chi connectivity index (χ0v) is 10.2. The van der Waals surface area contributed by atoms with Crippen LogP contribution in [0.3, 0.4) is 0 Å². The van der Waals surface area contributed by atoms with Gasteiger partial charge in [0.1, 0.15) is 17.5 Å². The van der Waals surface area contributed by atoms with Crippen LogP contribution in [-0.2, 0) is 18.3 Å². The summed E-state index contributed by atoms with van der Waals surface area (Å²) in [5.41, 5.74) is 0.555. The molecule has 1 aromatic carbocycles. The molecule has 0 radical (unpaired) electrons. The molecule has 0 spiro atoms. The fraction of sp³-hybridized carbons (Fsp3) is 0.231. The van der Waals surface area contributed by atoms with Gasteiger partial charge in [0.25, 0.3) is 0 Å². The molecule has 2 rings (SSSR count). The number of hydrogen-bond donors (Lipinski definition) is 1. The molecule has 0 unspecified atom stereocenters. The van der Waals surface area contributed by atoms with Crippen molar-refractivity contribution in [1.82, 2.24) is 9.55 Å². The Morgan fingerprint density at radius 3 is 2.79 bits per heavy atom. The summed E-state index contributed by atoms with van der Waals surface area (Å²) in [5, 5.41) is 8.63. The van der Waals surface area contributed by atoms with Crippen molar-refractivity contribution in [2.45, 2.75) is 12.8 Å². The number of carboxylic acids is 1. The Balaban J connectivity index is 2.31. The first-order valence-corrected chi connectivity index (χ1v) is 5.67. The summed E-state index contributed by atoms with van der Waals surface area (Å²) in [7, 11) is 1.70. The molecular formula is C13H12F2N2O2. The highest BCUT2D eigenvalue weighted by molar-refractivity contribution is 5.67. The van der Waals surface area contributed by atoms with E-state index in [1.165, 1.54) is 6.07 Å². The van der Waals surface area contributed by atoms with Crippen LogP contribution < -0.4 is 0 Å². The van der Waals surface area contributed by atoms with Crippen molar-refractivity contribution < 1.29 is 18.7 Å². The van der Waals surface area contributed by atoms with Gasteiger partial charge in [-0.05, 0) is 12.1 Å². The number of halogens is 2. The van der Waals surface area contributed by atoms with Crippen LogP contribution in [0.5, 0.6) is 0 Å². The van der Waals surface area contributed by atoms with Gasteiger partial charge in [0.2, 0.25) is 0 Å². The largest absolute Gasteiger partial charge is 0.481 e. The SMILES string of the molecule is Cn1cc(-c2ccc(F)cc2F)nc1CCC(=O)O. The number of aromatic nitrogens is 2. The van der Waals surface area contributed by atoms with Crippen LogP contribution in [0.25, 0.3) is 11.3 Å². The second-order valence-corrected chi connectivity index (χ2v) is 4.17. The molecule has 0 saturated carbocycles. The number of hydrogen-bond acceptors (Lipinski definition) is 2. The van der Waals surface area contributed by atoms with E-state index in [2.05, 4.69) is 4.98 Å². The Hall–Kier alpha value is -2.24. The topological polar surface area (TPSA) is 55.1 Å². The predicted molar refractivity (Wildman–Crippen MR) is 64.5 cm³/mol. The zero-order chi connectivity index (χ0) is 14.0. The molecule has 4 nitrogen and oxygen atoms in total. The summed E-state index contributed by atoms with van der Waals surface area (Å²) in [6.45, 7) is 0. The van der Waals surface area contributed by atoms with Crippen molar-refractivity contribution >= 4 is 5.97 Å². The molecule has 1 aromatic heterocycles. The number of benzene rings is 1. The highest BCUT2D eigenvalue weighted by Crippen LogP contribution is 2.22. The predicted octanol–water partition coefficient (Wildman–Crippen LogP) is 2.38. The Labute approximate surface area is 108 Å². The van der Waals surface area contributed by atoms with E-state index >= 15 is 0 Å². The van der Waals surface area contributed by atoms with Crippen LogP contribution in [0.1, 0.15) is 12.2 Å². The summed E-state index contributed by atoms with van der Waals surface area (Å²) in [4.78, 5) is 14.7. The fourth-order valence-electron chi connectivity index (χ4n) is 1.78. The van der Waals surface area contributed by atoms with Gasteiger partial charge >= 0.3 is 5.97 Å². The summed E-state index contributed by atoms with van der Waals surface area (Å²) in [5.74, 6) is -1.72. The van der Waals surface area contributed by atoms with Crippen molar-refractivity contribution in [2.24, 2.45) is 7.05 Å². The lowest BCUT2D eigenvalue weighted by Gasteiger charge is -1.98. The summed E-state index contributed by atoms with van der Waals surface area (Å²) in [6.07, 6.45) is 1.80. The first-order valence-electron chi connectivity index (χ1n) is 5.67. The van der Waals surface area contributed by atoms with E-state index in [1.54, 1.807) is 17.8 Å². The number of aliphatic carboxylic acids is 1. The second kappa shape index (κ2) is 5.17. The molecule has 0 atom stereocenters. The van der Waals surface area contributed by atoms with Gasteiger partial charge in [0.15, 0.2) is 0 Å². The van der Waals surface area contributed by atoms with Gasteiger partial charge in [-0.15, -0.1) is 0 Å². The maximum atomic E-state index is 13.6. The monoisotopic (exact) mass is 266 g/mol. The van der Waals surface area contributed by atoms with Gasteiger partial charge in [-0.2, -0.15) is 0 Å². The first-order chi connectivity index (χ1) is 8.97. The van der Waals surface area contributed by atoms with E-state index in [0.717, 1.165) is 12.1 Å². The highest BCUT2D eigenvalue weighted by Gasteiger charge is 2.12. The van der Waals surface area contributed by atoms with Gasteiger partial charge < -0.3 is 9.67 Å². The molecule has 1 heterocycles. The van der Waals surface area contributed by atoms with E-state index in [9.17, 15) is 13.6 Å². The lowest BCUT2D eigenvalue weighted by molar-refractivity contribution is -0.137. The van der Waals surface area contributed by atoms with Gasteiger partial charge in [0, 0.05) is 31.3 Å². The quantitative estimate of drug-likeness (QED) is 0.924. The van der Waals surface area contributed by atoms with Crippen molar-refractivity contribution in [2.75, 3.05) is 0 Å². The Bertz CT molecular complexity index is 623. The molecular weight excluding hydrogens is 254 g/mol. The second-order valence-electron chi connectivity index (χ2n) is 4.17. The minimum absolute atomic E-state index is 0.0454. The summed E-state index contributed by atoms with van der Waals surface area (Å²) < 4.78 is 28.1. The molecule has 0 amide bonds. The molecule has 0 aliphatic rings. The van der Waals surface area contributed by atoms with E-state index in [0.29, 0.717) is 11.5 Å². The van der Waals surface area contributed by atoms with Crippen LogP contribution in [-0.4, -0.2) is 20.6 Å². The van der Waals surface area contributed by atoms with Crippen molar-refractivity contribution in [3.63, 3.8) is 0 Å². The number of aryl methyl sites for hydroxylation is 2. The molecule has 1 N–H and O–H groups in total. The number of rotatable bonds is 4. The van der Waals surface area contributed by atoms with Gasteiger partial charge in [-0.1, -0.05) is 0 Å². The highest BCUT2D eigenvalue weighted by atomic mass is 19.1. The number of nitrogens with zero attached hydrogens (tertiary/aromatic N) is 2. The molecule has 0 aliphatic carbocycles. The normalized spacial score (nSPS) is 10.7. The third kappa shape index (κ3) is 2.96. The van der Waals surface area contributed by atoms with Crippen molar-refractivity contribution in [3.05, 3.63) is 41.9 Å². The minimum Gasteiger partial charge on any atom is -0.481 e. The van der Waals surface area contributed by atoms with Gasteiger partial charge in [-0.3, -0.25) is 4.79 Å². The molecule has 6 heteroatoms. The van der Waals surface area contributed by atoms with Crippen LogP contribution in [0, 0.1) is 11.6 Å². The van der Waals surface area contributed by atoms with E-state index in [-0.39, 0.29) is 18.4 Å². The third-order valence-corrected chi connectivity index (χ3v) is 2.74. The van der Waals surface area contributed by atoms with Gasteiger partial charge in [0.05, 0.1) is 12.1 Å². The number of imidazole rings is 1. The number of carbonyl (C=O) groups is 1. The van der Waals surface area contributed by atoms with Crippen molar-refractivity contribution in [1.29, 1.82) is 0 Å². The smallest absolute Gasteiger partial charge is 0.303 e. The standard InChI is InChI=1S/C13H12F2N2O2/c1-17-7-11(16-12(17)4-5-13(18)19)9-3-2-8(14)6-10(9)15/h2-3,6-7H,4-5H2,1H3,(H,18,19). The molecule has 0 bridgehead atoms. The average Bonchev–Trinajstić information content (AvgIpc) is 2.67. The molecule has 0 saturated heterocycles. The molecule has 19 heavy (non-hydrogen) atoms. The lowest BCUT2D eigenvalue weighted by atomic mass is 10.1. The maximum Gasteiger partial charge on any atom is 0.303 e. The minimum atomic E-state index is -0.919. The zero-order valence-electron chi connectivity index (χ0n) is 10.2. The Morgan fingerprint density at radius 2 is 2.16 bits per heavy atom. The van der Waals surface area contributed by atoms with Crippen molar-refractivity contribution in [3.8, 4) is 11.3 Å². The Morgan fingerprint density at radius 1 is 1.42 bits per heavy atom. The number of carboxylic acid groups (broad SMARTS) is 1. The Kier molecular flexibility index (Phi) is 3.59. The van der Waals surface area contributed by atoms with Crippen LogP contribution in [0.15, 0.2) is 24.4 Å². The maximum absolute atomic E-state index is 13.6. The van der Waals surface area contributed by atoms with Gasteiger partial charge in [-0.25, -0.2) is 13.8 Å². The average molecular weight is 266 g/mol. The lowest BCUT2D eigenvalue weighted by Crippen LogP contribution is -2.02. The van der Waals surface area contributed by atoms with Crippen LogP contribution in [0.2, 0.25) is 0 Å². The fourth-order valence-corrected chi connectivity index (χ4v) is 1.78. The van der Waals surface area contributed by atoms with E-state index in [4.69, 9.17) is 5.11 Å². The molecule has 0 aliphatic heterocycles. The molecule has 0 fully saturated rings. The van der Waals surface area contributed by atoms with Crippen LogP contribution >= 0.6 is 0 Å². The molecule has 100 valence electrons. The summed E-state index contributed by atoms with van der Waals surface area (Å²) >= 11 is 0. The van der Waals surface area contributed by atoms with Crippen LogP contribution in [0.4, 0.5) is 8.78 Å². The third-order valence-electron chi connectivity index (χ3n) is 2.74. The molecule has 2 aromatic rings. The first kappa shape index (κ1) is 13.2.